The zero-order valence-corrected chi connectivity index (χ0v) is 18.9. The number of pyridine rings is 1. The van der Waals surface area contributed by atoms with Crippen LogP contribution in [0.2, 0.25) is 10.0 Å². The Morgan fingerprint density at radius 2 is 1.82 bits per heavy atom. The zero-order valence-electron chi connectivity index (χ0n) is 17.4. The molecule has 170 valence electrons. The van der Waals surface area contributed by atoms with E-state index in [1.807, 2.05) is 6.92 Å². The molecule has 0 atom stereocenters. The molecule has 33 heavy (non-hydrogen) atoms. The third-order valence-corrected chi connectivity index (χ3v) is 5.68. The molecular formula is C23H18Cl2F3N5. The largest absolute Gasteiger partial charge is 0.416 e. The van der Waals surface area contributed by atoms with Crippen molar-refractivity contribution in [1.82, 2.24) is 14.7 Å². The Hall–Kier alpha value is -2.99. The van der Waals surface area contributed by atoms with Crippen molar-refractivity contribution in [2.45, 2.75) is 13.1 Å². The molecule has 4 aromatic rings. The van der Waals surface area contributed by atoms with Gasteiger partial charge >= 0.3 is 6.18 Å². The van der Waals surface area contributed by atoms with Gasteiger partial charge in [0.2, 0.25) is 0 Å². The number of hydrogen-bond donors (Lipinski definition) is 2. The van der Waals surface area contributed by atoms with E-state index < -0.39 is 11.7 Å². The molecule has 5 nitrogen and oxygen atoms in total. The number of nitrogens with one attached hydrogen (secondary N) is 2. The van der Waals surface area contributed by atoms with Gasteiger partial charge in [0.05, 0.1) is 21.6 Å². The van der Waals surface area contributed by atoms with Crippen molar-refractivity contribution < 1.29 is 13.2 Å². The Labute approximate surface area is 197 Å². The third-order valence-electron chi connectivity index (χ3n) is 5.18. The van der Waals surface area contributed by atoms with Gasteiger partial charge in [0, 0.05) is 23.7 Å². The molecule has 0 fully saturated rings. The van der Waals surface area contributed by atoms with E-state index >= 15 is 0 Å². The summed E-state index contributed by atoms with van der Waals surface area (Å²) in [5.74, 6) is 0.600. The first-order chi connectivity index (χ1) is 15.7. The number of benzene rings is 2. The van der Waals surface area contributed by atoms with Crippen molar-refractivity contribution in [2.75, 3.05) is 25.0 Å². The summed E-state index contributed by atoms with van der Waals surface area (Å²) in [6.45, 7) is 4.04. The SMILES string of the molecule is CCNCCNc1cc(-c2ccc(C(F)(F)F)cc2)c(C#N)c2nc3cc(Cl)cc(Cl)c3n12. The van der Waals surface area contributed by atoms with Crippen LogP contribution in [-0.2, 0) is 6.18 Å². The first kappa shape index (κ1) is 23.2. The van der Waals surface area contributed by atoms with Crippen molar-refractivity contribution in [3.05, 3.63) is 63.6 Å². The van der Waals surface area contributed by atoms with Gasteiger partial charge in [-0.1, -0.05) is 42.3 Å². The Balaban J connectivity index is 1.96. The number of rotatable bonds is 6. The molecule has 0 bridgehead atoms. The van der Waals surface area contributed by atoms with Gasteiger partial charge in [-0.15, -0.1) is 0 Å². The van der Waals surface area contributed by atoms with Crippen LogP contribution >= 0.6 is 23.2 Å². The highest BCUT2D eigenvalue weighted by molar-refractivity contribution is 6.38. The van der Waals surface area contributed by atoms with Gasteiger partial charge in [0.1, 0.15) is 17.5 Å². The average Bonchev–Trinajstić information content (AvgIpc) is 3.15. The third kappa shape index (κ3) is 4.44. The standard InChI is InChI=1S/C23H18Cl2F3N5/c1-2-30-7-8-31-20-11-16(13-3-5-14(6-4-13)23(26,27)28)17(12-29)22-32-19-10-15(24)9-18(25)21(19)33(20)22/h3-6,9-11,30-31H,2,7-8H2,1H3. The number of hydrogen-bond acceptors (Lipinski definition) is 4. The van der Waals surface area contributed by atoms with E-state index in [0.29, 0.717) is 56.8 Å². The van der Waals surface area contributed by atoms with E-state index in [-0.39, 0.29) is 5.56 Å². The molecule has 0 saturated carbocycles. The van der Waals surface area contributed by atoms with Crippen LogP contribution in [0, 0.1) is 11.3 Å². The fourth-order valence-electron chi connectivity index (χ4n) is 3.69. The summed E-state index contributed by atoms with van der Waals surface area (Å²) in [6, 6.07) is 11.8. The fourth-order valence-corrected chi connectivity index (χ4v) is 4.25. The summed E-state index contributed by atoms with van der Waals surface area (Å²) in [5, 5.41) is 17.3. The molecule has 2 N–H and O–H groups in total. The van der Waals surface area contributed by atoms with Crippen LogP contribution in [0.3, 0.4) is 0 Å². The minimum Gasteiger partial charge on any atom is -0.370 e. The van der Waals surface area contributed by atoms with Crippen LogP contribution in [0.4, 0.5) is 19.0 Å². The van der Waals surface area contributed by atoms with Crippen molar-refractivity contribution in [1.29, 1.82) is 5.26 Å². The molecule has 0 saturated heterocycles. The molecule has 0 aliphatic carbocycles. The minimum atomic E-state index is -4.45. The van der Waals surface area contributed by atoms with Crippen molar-refractivity contribution >= 4 is 45.7 Å². The molecule has 2 aromatic heterocycles. The molecule has 0 radical (unpaired) electrons. The second kappa shape index (κ2) is 9.10. The summed E-state index contributed by atoms with van der Waals surface area (Å²) in [7, 11) is 0. The fraction of sp³-hybridized carbons (Fsp3) is 0.217. The zero-order chi connectivity index (χ0) is 23.8. The van der Waals surface area contributed by atoms with Gasteiger partial charge in [0.15, 0.2) is 5.65 Å². The predicted octanol–water partition coefficient (Wildman–Crippen LogP) is 6.37. The lowest BCUT2D eigenvalue weighted by Crippen LogP contribution is -2.22. The van der Waals surface area contributed by atoms with E-state index in [1.54, 1.807) is 22.6 Å². The quantitative estimate of drug-likeness (QED) is 0.307. The van der Waals surface area contributed by atoms with Crippen LogP contribution < -0.4 is 10.6 Å². The number of nitrogens with zero attached hydrogens (tertiary/aromatic N) is 3. The monoisotopic (exact) mass is 491 g/mol. The average molecular weight is 492 g/mol. The van der Waals surface area contributed by atoms with Crippen LogP contribution in [0.15, 0.2) is 42.5 Å². The van der Waals surface area contributed by atoms with Gasteiger partial charge in [-0.05, 0) is 42.4 Å². The Kier molecular flexibility index (Phi) is 6.39. The van der Waals surface area contributed by atoms with E-state index in [2.05, 4.69) is 21.7 Å². The lowest BCUT2D eigenvalue weighted by molar-refractivity contribution is -0.137. The number of alkyl halides is 3. The molecule has 2 heterocycles. The number of aromatic nitrogens is 2. The van der Waals surface area contributed by atoms with Gasteiger partial charge < -0.3 is 10.6 Å². The van der Waals surface area contributed by atoms with E-state index in [0.717, 1.165) is 18.7 Å². The second-order valence-corrected chi connectivity index (χ2v) is 8.16. The number of anilines is 1. The highest BCUT2D eigenvalue weighted by atomic mass is 35.5. The van der Waals surface area contributed by atoms with Crippen LogP contribution in [0.1, 0.15) is 18.1 Å². The molecular weight excluding hydrogens is 474 g/mol. The summed E-state index contributed by atoms with van der Waals surface area (Å²) >= 11 is 12.6. The minimum absolute atomic E-state index is 0.218. The maximum atomic E-state index is 13.0. The van der Waals surface area contributed by atoms with E-state index in [1.165, 1.54) is 12.1 Å². The molecule has 0 aliphatic heterocycles. The van der Waals surface area contributed by atoms with Gasteiger partial charge in [-0.3, -0.25) is 4.40 Å². The van der Waals surface area contributed by atoms with Crippen molar-refractivity contribution in [3.63, 3.8) is 0 Å². The topological polar surface area (TPSA) is 65.1 Å². The maximum Gasteiger partial charge on any atom is 0.416 e. The maximum absolute atomic E-state index is 13.0. The molecule has 4 rings (SSSR count). The van der Waals surface area contributed by atoms with Crippen LogP contribution in [-0.4, -0.2) is 29.0 Å². The van der Waals surface area contributed by atoms with Crippen molar-refractivity contribution in [3.8, 4) is 17.2 Å². The number of likely N-dealkylation sites (N-methyl/N-ethyl adjacent to an activating group) is 1. The lowest BCUT2D eigenvalue weighted by atomic mass is 10.00. The molecule has 0 unspecified atom stereocenters. The van der Waals surface area contributed by atoms with Crippen LogP contribution in [0.5, 0.6) is 0 Å². The molecule has 2 aromatic carbocycles. The number of imidazole rings is 1. The van der Waals surface area contributed by atoms with Gasteiger partial charge in [-0.25, -0.2) is 4.98 Å². The number of nitriles is 1. The van der Waals surface area contributed by atoms with Gasteiger partial charge in [0.25, 0.3) is 0 Å². The molecule has 10 heteroatoms. The molecule has 0 amide bonds. The predicted molar refractivity (Wildman–Crippen MR) is 125 cm³/mol. The second-order valence-electron chi connectivity index (χ2n) is 7.31. The summed E-state index contributed by atoms with van der Waals surface area (Å²) in [5.41, 5.74) is 1.80. The number of halogens is 5. The molecule has 0 aliphatic rings. The number of fused-ring (bicyclic) bond motifs is 3. The van der Waals surface area contributed by atoms with E-state index in [4.69, 9.17) is 23.2 Å². The smallest absolute Gasteiger partial charge is 0.370 e. The summed E-state index contributed by atoms with van der Waals surface area (Å²) in [4.78, 5) is 4.59. The van der Waals surface area contributed by atoms with Crippen LogP contribution in [0.25, 0.3) is 27.8 Å². The first-order valence-corrected chi connectivity index (χ1v) is 10.9. The normalized spacial score (nSPS) is 11.8. The lowest BCUT2D eigenvalue weighted by Gasteiger charge is -2.15. The first-order valence-electron chi connectivity index (χ1n) is 10.1. The Bertz CT molecular complexity index is 1370. The summed E-state index contributed by atoms with van der Waals surface area (Å²) < 4.78 is 40.8. The Morgan fingerprint density at radius 1 is 1.09 bits per heavy atom. The highest BCUT2D eigenvalue weighted by Gasteiger charge is 2.30. The highest BCUT2D eigenvalue weighted by Crippen LogP contribution is 2.37. The van der Waals surface area contributed by atoms with Gasteiger partial charge in [-0.2, -0.15) is 18.4 Å². The molecule has 0 spiro atoms. The van der Waals surface area contributed by atoms with Crippen molar-refractivity contribution in [2.24, 2.45) is 0 Å². The van der Waals surface area contributed by atoms with E-state index in [9.17, 15) is 18.4 Å². The summed E-state index contributed by atoms with van der Waals surface area (Å²) in [6.07, 6.45) is -4.45. The Morgan fingerprint density at radius 3 is 2.45 bits per heavy atom.